The van der Waals surface area contributed by atoms with Gasteiger partial charge in [-0.3, -0.25) is 9.59 Å². The van der Waals surface area contributed by atoms with Crippen LogP contribution in [0, 0.1) is 5.92 Å². The molecule has 150 valence electrons. The lowest BCUT2D eigenvalue weighted by molar-refractivity contribution is -0.119. The maximum atomic E-state index is 13.0. The van der Waals surface area contributed by atoms with Crippen molar-refractivity contribution in [1.82, 2.24) is 4.90 Å². The second-order valence-electron chi connectivity index (χ2n) is 7.19. The Bertz CT molecular complexity index is 643. The van der Waals surface area contributed by atoms with Crippen LogP contribution >= 0.6 is 12.4 Å². The number of rotatable bonds is 7. The predicted octanol–water partition coefficient (Wildman–Crippen LogP) is 2.45. The summed E-state index contributed by atoms with van der Waals surface area (Å²) < 4.78 is 5.81. The van der Waals surface area contributed by atoms with Crippen molar-refractivity contribution >= 4 is 29.9 Å². The molecule has 1 aliphatic carbocycles. The van der Waals surface area contributed by atoms with Gasteiger partial charge in [0.25, 0.3) is 5.91 Å². The first-order valence-electron chi connectivity index (χ1n) is 9.59. The Labute approximate surface area is 167 Å². The molecule has 1 aromatic carbocycles. The molecule has 0 radical (unpaired) electrons. The molecule has 1 aliphatic heterocycles. The van der Waals surface area contributed by atoms with Crippen molar-refractivity contribution in [2.45, 2.75) is 38.2 Å². The molecular weight excluding hydrogens is 366 g/mol. The first-order valence-corrected chi connectivity index (χ1v) is 9.59. The number of carbonyl (C=O) groups is 2. The van der Waals surface area contributed by atoms with E-state index in [-0.39, 0.29) is 36.2 Å². The summed E-state index contributed by atoms with van der Waals surface area (Å²) >= 11 is 0. The van der Waals surface area contributed by atoms with Gasteiger partial charge in [-0.05, 0) is 50.8 Å². The number of hydrogen-bond acceptors (Lipinski definition) is 4. The van der Waals surface area contributed by atoms with Crippen molar-refractivity contribution in [3.63, 3.8) is 0 Å². The maximum Gasteiger partial charge on any atom is 0.255 e. The number of para-hydroxylation sites is 1. The van der Waals surface area contributed by atoms with Crippen LogP contribution in [-0.2, 0) is 9.53 Å². The van der Waals surface area contributed by atoms with E-state index in [2.05, 4.69) is 0 Å². The van der Waals surface area contributed by atoms with Crippen LogP contribution in [0.3, 0.4) is 0 Å². The quantitative estimate of drug-likeness (QED) is 0.719. The number of nitrogens with two attached hydrogens (primary N) is 1. The topological polar surface area (TPSA) is 75.9 Å². The Kier molecular flexibility index (Phi) is 8.07. The molecule has 2 aliphatic rings. The Balaban J connectivity index is 0.00000261. The number of benzene rings is 1. The molecule has 1 aromatic rings. The highest BCUT2D eigenvalue weighted by molar-refractivity contribution is 6.05. The molecule has 0 aromatic heterocycles. The van der Waals surface area contributed by atoms with Gasteiger partial charge in [-0.25, -0.2) is 0 Å². The van der Waals surface area contributed by atoms with Gasteiger partial charge in [0.05, 0.1) is 17.4 Å². The van der Waals surface area contributed by atoms with Crippen LogP contribution in [0.2, 0.25) is 0 Å². The molecule has 6 nitrogen and oxygen atoms in total. The molecule has 27 heavy (non-hydrogen) atoms. The minimum absolute atomic E-state index is 0. The fraction of sp³-hybridized carbons (Fsp3) is 0.600. The summed E-state index contributed by atoms with van der Waals surface area (Å²) in [6.07, 6.45) is 4.67. The van der Waals surface area contributed by atoms with Crippen molar-refractivity contribution in [2.75, 3.05) is 38.2 Å². The first-order chi connectivity index (χ1) is 12.6. The van der Waals surface area contributed by atoms with Gasteiger partial charge in [0.1, 0.15) is 0 Å². The van der Waals surface area contributed by atoms with Crippen molar-refractivity contribution in [1.29, 1.82) is 0 Å². The van der Waals surface area contributed by atoms with E-state index in [4.69, 9.17) is 10.5 Å². The summed E-state index contributed by atoms with van der Waals surface area (Å²) in [5.74, 6) is 0.235. The van der Waals surface area contributed by atoms with Gasteiger partial charge in [-0.15, -0.1) is 12.4 Å². The SMILES string of the molecule is CN(C(=O)C1CC1)c1ccccc1C(=O)N1CCC(OCCCN)CC1.Cl. The highest BCUT2D eigenvalue weighted by Gasteiger charge is 2.34. The van der Waals surface area contributed by atoms with Gasteiger partial charge in [-0.1, -0.05) is 12.1 Å². The van der Waals surface area contributed by atoms with Gasteiger partial charge >= 0.3 is 0 Å². The van der Waals surface area contributed by atoms with Crippen molar-refractivity contribution in [3.05, 3.63) is 29.8 Å². The molecule has 0 bridgehead atoms. The summed E-state index contributed by atoms with van der Waals surface area (Å²) in [4.78, 5) is 28.9. The number of amides is 2. The van der Waals surface area contributed by atoms with E-state index in [0.717, 1.165) is 32.1 Å². The molecule has 0 spiro atoms. The molecule has 1 saturated heterocycles. The van der Waals surface area contributed by atoms with Gasteiger partial charge in [0, 0.05) is 32.7 Å². The Morgan fingerprint density at radius 3 is 2.48 bits per heavy atom. The summed E-state index contributed by atoms with van der Waals surface area (Å²) in [5.41, 5.74) is 6.80. The van der Waals surface area contributed by atoms with E-state index in [0.29, 0.717) is 37.5 Å². The smallest absolute Gasteiger partial charge is 0.255 e. The fourth-order valence-corrected chi connectivity index (χ4v) is 3.40. The molecule has 1 saturated carbocycles. The Hall–Kier alpha value is -1.63. The number of ether oxygens (including phenoxy) is 1. The van der Waals surface area contributed by atoms with Crippen molar-refractivity contribution in [3.8, 4) is 0 Å². The molecule has 2 amide bonds. The summed E-state index contributed by atoms with van der Waals surface area (Å²) in [7, 11) is 1.77. The molecule has 7 heteroatoms. The highest BCUT2D eigenvalue weighted by Crippen LogP contribution is 2.33. The molecular formula is C20H30ClN3O3. The lowest BCUT2D eigenvalue weighted by Gasteiger charge is -2.33. The van der Waals surface area contributed by atoms with Crippen LogP contribution < -0.4 is 10.6 Å². The van der Waals surface area contributed by atoms with E-state index in [1.807, 2.05) is 29.2 Å². The molecule has 0 unspecified atom stereocenters. The molecule has 3 rings (SSSR count). The minimum Gasteiger partial charge on any atom is -0.378 e. The number of piperidine rings is 1. The molecule has 2 N–H and O–H groups in total. The maximum absolute atomic E-state index is 13.0. The predicted molar refractivity (Wildman–Crippen MR) is 108 cm³/mol. The molecule has 1 heterocycles. The third kappa shape index (κ3) is 5.43. The number of nitrogens with zero attached hydrogens (tertiary/aromatic N) is 2. The largest absolute Gasteiger partial charge is 0.378 e. The van der Waals surface area contributed by atoms with Crippen LogP contribution in [0.5, 0.6) is 0 Å². The standard InChI is InChI=1S/C20H29N3O3.ClH/c1-22(19(24)15-7-8-15)18-6-3-2-5-17(18)20(25)23-12-9-16(10-13-23)26-14-4-11-21;/h2-3,5-6,15-16H,4,7-14,21H2,1H3;1H. The molecule has 2 fully saturated rings. The second-order valence-corrected chi connectivity index (χ2v) is 7.19. The average molecular weight is 396 g/mol. The number of halogens is 1. The van der Waals surface area contributed by atoms with Gasteiger partial charge in [-0.2, -0.15) is 0 Å². The highest BCUT2D eigenvalue weighted by atomic mass is 35.5. The van der Waals surface area contributed by atoms with Crippen LogP contribution in [0.15, 0.2) is 24.3 Å². The van der Waals surface area contributed by atoms with E-state index in [1.165, 1.54) is 0 Å². The van der Waals surface area contributed by atoms with Crippen LogP contribution in [0.1, 0.15) is 42.5 Å². The van der Waals surface area contributed by atoms with Crippen LogP contribution in [-0.4, -0.2) is 56.1 Å². The first kappa shape index (κ1) is 21.7. The van der Waals surface area contributed by atoms with Crippen LogP contribution in [0.4, 0.5) is 5.69 Å². The van der Waals surface area contributed by atoms with Gasteiger partial charge < -0.3 is 20.3 Å². The number of likely N-dealkylation sites (tertiary alicyclic amines) is 1. The normalized spacial score (nSPS) is 17.3. The van der Waals surface area contributed by atoms with E-state index >= 15 is 0 Å². The van der Waals surface area contributed by atoms with Crippen molar-refractivity contribution < 1.29 is 14.3 Å². The molecule has 0 atom stereocenters. The van der Waals surface area contributed by atoms with E-state index in [1.54, 1.807) is 11.9 Å². The van der Waals surface area contributed by atoms with E-state index < -0.39 is 0 Å². The summed E-state index contributed by atoms with van der Waals surface area (Å²) in [5, 5.41) is 0. The van der Waals surface area contributed by atoms with Crippen molar-refractivity contribution in [2.24, 2.45) is 11.7 Å². The lowest BCUT2D eigenvalue weighted by Crippen LogP contribution is -2.41. The third-order valence-electron chi connectivity index (χ3n) is 5.18. The fourth-order valence-electron chi connectivity index (χ4n) is 3.40. The minimum atomic E-state index is -0.00328. The number of hydrogen-bond donors (Lipinski definition) is 1. The summed E-state index contributed by atoms with van der Waals surface area (Å²) in [6, 6.07) is 7.41. The van der Waals surface area contributed by atoms with Gasteiger partial charge in [0.2, 0.25) is 5.91 Å². The zero-order valence-electron chi connectivity index (χ0n) is 15.9. The number of carbonyl (C=O) groups excluding carboxylic acids is 2. The van der Waals surface area contributed by atoms with Gasteiger partial charge in [0.15, 0.2) is 0 Å². The second kappa shape index (κ2) is 10.1. The zero-order chi connectivity index (χ0) is 18.5. The van der Waals surface area contributed by atoms with E-state index in [9.17, 15) is 9.59 Å². The monoisotopic (exact) mass is 395 g/mol. The number of anilines is 1. The van der Waals surface area contributed by atoms with Crippen LogP contribution in [0.25, 0.3) is 0 Å². The summed E-state index contributed by atoms with van der Waals surface area (Å²) in [6.45, 7) is 2.69. The average Bonchev–Trinajstić information content (AvgIpc) is 3.52. The third-order valence-corrected chi connectivity index (χ3v) is 5.18. The Morgan fingerprint density at radius 1 is 1.19 bits per heavy atom. The lowest BCUT2D eigenvalue weighted by atomic mass is 10.0. The Morgan fingerprint density at radius 2 is 1.85 bits per heavy atom. The zero-order valence-corrected chi connectivity index (χ0v) is 16.7.